The van der Waals surface area contributed by atoms with Crippen molar-refractivity contribution in [1.29, 1.82) is 0 Å². The molecule has 0 saturated carbocycles. The van der Waals surface area contributed by atoms with Crippen molar-refractivity contribution in [3.05, 3.63) is 52.2 Å². The van der Waals surface area contributed by atoms with E-state index in [1.807, 2.05) is 12.1 Å². The molecule has 1 aliphatic rings. The fourth-order valence-corrected chi connectivity index (χ4v) is 3.22. The van der Waals surface area contributed by atoms with Gasteiger partial charge in [0.15, 0.2) is 11.6 Å². The van der Waals surface area contributed by atoms with E-state index in [0.29, 0.717) is 16.7 Å². The molecule has 1 aliphatic heterocycles. The number of nitrogens with zero attached hydrogens (tertiary/aromatic N) is 2. The normalized spacial score (nSPS) is 20.5. The van der Waals surface area contributed by atoms with E-state index in [2.05, 4.69) is 10.3 Å². The van der Waals surface area contributed by atoms with Crippen molar-refractivity contribution in [3.8, 4) is 0 Å². The fourth-order valence-electron chi connectivity index (χ4n) is 3.09. The van der Waals surface area contributed by atoms with Crippen molar-refractivity contribution in [2.75, 3.05) is 7.05 Å². The number of carbonyl (C=O) groups excluding carboxylic acids is 2. The Morgan fingerprint density at radius 2 is 2.00 bits per heavy atom. The molecular weight excluding hydrogens is 330 g/mol. The van der Waals surface area contributed by atoms with Crippen LogP contribution in [0.3, 0.4) is 0 Å². The number of likely N-dealkylation sites (tertiary alicyclic amines) is 1. The highest BCUT2D eigenvalue weighted by molar-refractivity contribution is 6.30. The average Bonchev–Trinajstić information content (AvgIpc) is 3.00. The van der Waals surface area contributed by atoms with E-state index >= 15 is 0 Å². The average molecular weight is 348 g/mol. The van der Waals surface area contributed by atoms with Crippen LogP contribution in [0.5, 0.6) is 0 Å². The van der Waals surface area contributed by atoms with Gasteiger partial charge in [0.25, 0.3) is 5.91 Å². The number of rotatable bonds is 3. The third-order valence-corrected chi connectivity index (χ3v) is 4.48. The first-order valence-electron chi connectivity index (χ1n) is 7.63. The highest BCUT2D eigenvalue weighted by atomic mass is 35.5. The predicted molar refractivity (Wildman–Crippen MR) is 88.8 cm³/mol. The Morgan fingerprint density at radius 1 is 1.33 bits per heavy atom. The lowest BCUT2D eigenvalue weighted by molar-refractivity contribution is -0.127. The summed E-state index contributed by atoms with van der Waals surface area (Å²) in [7, 11) is 1.74. The zero-order chi connectivity index (χ0) is 17.4. The Morgan fingerprint density at radius 3 is 2.58 bits per heavy atom. The van der Waals surface area contributed by atoms with Crippen LogP contribution in [0.1, 0.15) is 40.2 Å². The van der Waals surface area contributed by atoms with Crippen molar-refractivity contribution in [1.82, 2.24) is 15.2 Å². The molecule has 24 heavy (non-hydrogen) atoms. The van der Waals surface area contributed by atoms with Crippen LogP contribution in [0.2, 0.25) is 5.02 Å². The van der Waals surface area contributed by atoms with E-state index in [-0.39, 0.29) is 36.0 Å². The van der Waals surface area contributed by atoms with Crippen LogP contribution in [0.25, 0.3) is 0 Å². The maximum atomic E-state index is 12.5. The van der Waals surface area contributed by atoms with Crippen LogP contribution >= 0.6 is 11.6 Å². The number of benzene rings is 1. The Bertz CT molecular complexity index is 785. The molecule has 2 amide bonds. The van der Waals surface area contributed by atoms with Gasteiger partial charge < -0.3 is 14.6 Å². The number of oxazole rings is 1. The van der Waals surface area contributed by atoms with Crippen LogP contribution in [0.15, 0.2) is 28.7 Å². The highest BCUT2D eigenvalue weighted by Crippen LogP contribution is 2.32. The lowest BCUT2D eigenvalue weighted by Crippen LogP contribution is -2.39. The summed E-state index contributed by atoms with van der Waals surface area (Å²) in [6, 6.07) is 6.70. The van der Waals surface area contributed by atoms with Crippen molar-refractivity contribution in [2.45, 2.75) is 32.4 Å². The van der Waals surface area contributed by atoms with Crippen LogP contribution in [0, 0.1) is 13.8 Å². The minimum absolute atomic E-state index is 0.0201. The largest absolute Gasteiger partial charge is 0.445 e. The summed E-state index contributed by atoms with van der Waals surface area (Å²) in [5.74, 6) is 0.543. The number of carbonyl (C=O) groups is 2. The molecule has 6 nitrogen and oxygen atoms in total. The maximum Gasteiger partial charge on any atom is 0.273 e. The molecule has 1 N–H and O–H groups in total. The Hall–Kier alpha value is -2.34. The SMILES string of the molecule is Cc1nc(C(=O)N[C@@H]2CC(=O)N(C)[C@H]2c2ccc(Cl)cc2)c(C)o1. The molecule has 3 rings (SSSR count). The van der Waals surface area contributed by atoms with Crippen LogP contribution < -0.4 is 5.32 Å². The van der Waals surface area contributed by atoms with Crippen LogP contribution in [0.4, 0.5) is 0 Å². The third kappa shape index (κ3) is 3.01. The monoisotopic (exact) mass is 347 g/mol. The summed E-state index contributed by atoms with van der Waals surface area (Å²) in [6.07, 6.45) is 0.241. The molecule has 7 heteroatoms. The number of aryl methyl sites for hydroxylation is 2. The molecule has 1 saturated heterocycles. The van der Waals surface area contributed by atoms with E-state index in [1.165, 1.54) is 0 Å². The molecule has 0 bridgehead atoms. The molecule has 126 valence electrons. The Labute approximate surface area is 144 Å². The summed E-state index contributed by atoms with van der Waals surface area (Å²) >= 11 is 5.93. The van der Waals surface area contributed by atoms with Crippen molar-refractivity contribution >= 4 is 23.4 Å². The van der Waals surface area contributed by atoms with Crippen LogP contribution in [-0.4, -0.2) is 34.8 Å². The number of aromatic nitrogens is 1. The minimum atomic E-state index is -0.340. The number of hydrogen-bond donors (Lipinski definition) is 1. The molecule has 2 atom stereocenters. The molecule has 0 unspecified atom stereocenters. The lowest BCUT2D eigenvalue weighted by Gasteiger charge is -2.26. The molecule has 1 aromatic heterocycles. The van der Waals surface area contributed by atoms with Gasteiger partial charge >= 0.3 is 0 Å². The van der Waals surface area contributed by atoms with E-state index in [1.54, 1.807) is 37.9 Å². The molecule has 0 spiro atoms. The van der Waals surface area contributed by atoms with Crippen molar-refractivity contribution in [2.24, 2.45) is 0 Å². The van der Waals surface area contributed by atoms with Gasteiger partial charge in [-0.1, -0.05) is 23.7 Å². The van der Waals surface area contributed by atoms with Gasteiger partial charge in [-0.2, -0.15) is 0 Å². The molecule has 1 aromatic carbocycles. The van der Waals surface area contributed by atoms with Gasteiger partial charge in [0.05, 0.1) is 12.1 Å². The third-order valence-electron chi connectivity index (χ3n) is 4.23. The summed E-state index contributed by atoms with van der Waals surface area (Å²) in [6.45, 7) is 3.38. The van der Waals surface area contributed by atoms with Gasteiger partial charge in [0.2, 0.25) is 5.91 Å². The van der Waals surface area contributed by atoms with Gasteiger partial charge in [-0.05, 0) is 24.6 Å². The Kier molecular flexibility index (Phi) is 4.32. The number of nitrogens with one attached hydrogen (secondary N) is 1. The van der Waals surface area contributed by atoms with Gasteiger partial charge in [0, 0.05) is 25.4 Å². The molecule has 0 aliphatic carbocycles. The van der Waals surface area contributed by atoms with Crippen molar-refractivity contribution < 1.29 is 14.0 Å². The van der Waals surface area contributed by atoms with Crippen molar-refractivity contribution in [3.63, 3.8) is 0 Å². The quantitative estimate of drug-likeness (QED) is 0.926. The zero-order valence-corrected chi connectivity index (χ0v) is 14.4. The standard InChI is InChI=1S/C17H18ClN3O3/c1-9-15(19-10(2)24-9)17(23)20-13-8-14(22)21(3)16(13)11-4-6-12(18)7-5-11/h4-7,13,16H,8H2,1-3H3,(H,20,23)/t13-,16+/m1/s1. The molecule has 2 heterocycles. The van der Waals surface area contributed by atoms with Gasteiger partial charge in [-0.15, -0.1) is 0 Å². The first-order valence-corrected chi connectivity index (χ1v) is 8.00. The van der Waals surface area contributed by atoms with E-state index in [9.17, 15) is 9.59 Å². The summed E-state index contributed by atoms with van der Waals surface area (Å²) in [5.41, 5.74) is 1.18. The van der Waals surface area contributed by atoms with Gasteiger partial charge in [-0.25, -0.2) is 4.98 Å². The number of likely N-dealkylation sites (N-methyl/N-ethyl adjacent to an activating group) is 1. The summed E-state index contributed by atoms with van der Waals surface area (Å²) < 4.78 is 5.30. The Balaban J connectivity index is 1.85. The second-order valence-corrected chi connectivity index (χ2v) is 6.36. The smallest absolute Gasteiger partial charge is 0.273 e. The van der Waals surface area contributed by atoms with E-state index in [0.717, 1.165) is 5.56 Å². The maximum absolute atomic E-state index is 12.5. The van der Waals surface area contributed by atoms with E-state index < -0.39 is 0 Å². The lowest BCUT2D eigenvalue weighted by atomic mass is 10.00. The number of amides is 2. The number of hydrogen-bond acceptors (Lipinski definition) is 4. The molecule has 1 fully saturated rings. The fraction of sp³-hybridized carbons (Fsp3) is 0.353. The van der Waals surface area contributed by atoms with E-state index in [4.69, 9.17) is 16.0 Å². The second kappa shape index (κ2) is 6.28. The predicted octanol–water partition coefficient (Wildman–Crippen LogP) is 2.65. The topological polar surface area (TPSA) is 75.4 Å². The summed E-state index contributed by atoms with van der Waals surface area (Å²) in [4.78, 5) is 30.4. The zero-order valence-electron chi connectivity index (χ0n) is 13.7. The first-order chi connectivity index (χ1) is 11.4. The van der Waals surface area contributed by atoms with Crippen LogP contribution in [-0.2, 0) is 4.79 Å². The minimum Gasteiger partial charge on any atom is -0.445 e. The second-order valence-electron chi connectivity index (χ2n) is 5.92. The molecular formula is C17H18ClN3O3. The number of halogens is 1. The summed E-state index contributed by atoms with van der Waals surface area (Å²) in [5, 5.41) is 3.54. The van der Waals surface area contributed by atoms with Gasteiger partial charge in [0.1, 0.15) is 5.76 Å². The first kappa shape index (κ1) is 16.5. The van der Waals surface area contributed by atoms with Gasteiger partial charge in [-0.3, -0.25) is 9.59 Å². The highest BCUT2D eigenvalue weighted by Gasteiger charge is 2.39. The molecule has 2 aromatic rings. The molecule has 0 radical (unpaired) electrons.